The number of aromatic amines is 1. The molecule has 1 saturated heterocycles. The number of hydrogen-bond donors (Lipinski definition) is 3. The molecule has 4 atom stereocenters. The molecule has 154 valence electrons. The molecule has 3 rings (SSSR count). The van der Waals surface area contributed by atoms with Crippen molar-refractivity contribution in [3.05, 3.63) is 73.5 Å². The number of aliphatic hydroxyl groups excluding tert-OH is 2. The number of hydrogen-bond acceptors (Lipinski definition) is 7. The van der Waals surface area contributed by atoms with Crippen molar-refractivity contribution in [2.45, 2.75) is 31.0 Å². The molecule has 3 N–H and O–H groups in total. The molecular formula is C19H19BrN2O7. The zero-order chi connectivity index (χ0) is 21.0. The summed E-state index contributed by atoms with van der Waals surface area (Å²) in [4.78, 5) is 39.6. The molecule has 0 radical (unpaired) electrons. The summed E-state index contributed by atoms with van der Waals surface area (Å²) in [5.74, 6) is -0.874. The van der Waals surface area contributed by atoms with Gasteiger partial charge in [0.05, 0.1) is 11.7 Å². The second-order valence-corrected chi connectivity index (χ2v) is 6.95. The highest BCUT2D eigenvalue weighted by Crippen LogP contribution is 2.28. The molecular weight excluding hydrogens is 448 g/mol. The van der Waals surface area contributed by atoms with E-state index < -0.39 is 41.8 Å². The topological polar surface area (TPSA) is 131 Å². The number of rotatable bonds is 6. The monoisotopic (exact) mass is 466 g/mol. The van der Waals surface area contributed by atoms with Crippen LogP contribution in [0.3, 0.4) is 0 Å². The van der Waals surface area contributed by atoms with Gasteiger partial charge in [0.15, 0.2) is 6.10 Å². The van der Waals surface area contributed by atoms with Crippen molar-refractivity contribution in [3.63, 3.8) is 0 Å². The van der Waals surface area contributed by atoms with Crippen molar-refractivity contribution in [2.24, 2.45) is 0 Å². The Morgan fingerprint density at radius 2 is 2.10 bits per heavy atom. The fourth-order valence-corrected chi connectivity index (χ4v) is 3.24. The largest absolute Gasteiger partial charge is 0.461 e. The quantitative estimate of drug-likeness (QED) is 0.537. The Balaban J connectivity index is 1.66. The first-order valence-corrected chi connectivity index (χ1v) is 9.67. The number of aromatic nitrogens is 2. The van der Waals surface area contributed by atoms with E-state index in [-0.39, 0.29) is 18.6 Å². The van der Waals surface area contributed by atoms with E-state index in [0.29, 0.717) is 5.56 Å². The molecule has 1 aromatic heterocycles. The molecule has 0 spiro atoms. The predicted octanol–water partition coefficient (Wildman–Crippen LogP) is 0.827. The SMILES string of the molecule is O=C(OC[C@H]1O[C@@H](n2cc(C=CBr)c(=O)[nH]c2=O)C[C@@H]1O)[C@@H](O)c1ccccc1. The average Bonchev–Trinajstić information content (AvgIpc) is 3.08. The third-order valence-electron chi connectivity index (χ3n) is 4.48. The third-order valence-corrected chi connectivity index (χ3v) is 4.75. The van der Waals surface area contributed by atoms with Gasteiger partial charge in [-0.25, -0.2) is 9.59 Å². The van der Waals surface area contributed by atoms with E-state index in [0.717, 1.165) is 4.57 Å². The second-order valence-electron chi connectivity index (χ2n) is 6.42. The van der Waals surface area contributed by atoms with Crippen molar-refractivity contribution in [3.8, 4) is 0 Å². The molecule has 1 fully saturated rings. The molecule has 0 aliphatic carbocycles. The summed E-state index contributed by atoms with van der Waals surface area (Å²) >= 11 is 3.07. The molecule has 10 heteroatoms. The van der Waals surface area contributed by atoms with Gasteiger partial charge < -0.3 is 19.7 Å². The maximum Gasteiger partial charge on any atom is 0.339 e. The lowest BCUT2D eigenvalue weighted by molar-refractivity contribution is -0.160. The second kappa shape index (κ2) is 9.31. The van der Waals surface area contributed by atoms with Gasteiger partial charge in [-0.15, -0.1) is 0 Å². The lowest BCUT2D eigenvalue weighted by Gasteiger charge is -2.17. The lowest BCUT2D eigenvalue weighted by atomic mass is 10.1. The van der Waals surface area contributed by atoms with Gasteiger partial charge in [-0.2, -0.15) is 0 Å². The number of esters is 1. The standard InChI is InChI=1S/C19H19BrN2O7/c20-7-6-12-9-22(19(27)21-17(12)25)15-8-13(23)14(29-15)10-28-18(26)16(24)11-4-2-1-3-5-11/h1-7,9,13-16,23-24H,8,10H2,(H,21,25,27)/t13-,14+,15+,16-/m0/s1. The maximum absolute atomic E-state index is 12.1. The molecule has 0 amide bonds. The van der Waals surface area contributed by atoms with Crippen LogP contribution in [0.5, 0.6) is 0 Å². The summed E-state index contributed by atoms with van der Waals surface area (Å²) in [7, 11) is 0. The Bertz CT molecular complexity index is 1000. The van der Waals surface area contributed by atoms with Crippen LogP contribution in [-0.4, -0.2) is 44.5 Å². The highest BCUT2D eigenvalue weighted by Gasteiger charge is 2.37. The van der Waals surface area contributed by atoms with Gasteiger partial charge in [0.1, 0.15) is 18.9 Å². The number of aliphatic hydroxyl groups is 2. The zero-order valence-electron chi connectivity index (χ0n) is 15.1. The average molecular weight is 467 g/mol. The van der Waals surface area contributed by atoms with Crippen LogP contribution in [0, 0.1) is 0 Å². The molecule has 1 aliphatic rings. The van der Waals surface area contributed by atoms with Gasteiger partial charge in [-0.05, 0) is 16.6 Å². The number of carbonyl (C=O) groups excluding carboxylic acids is 1. The summed E-state index contributed by atoms with van der Waals surface area (Å²) in [6.45, 7) is -0.299. The van der Waals surface area contributed by atoms with Crippen molar-refractivity contribution in [1.29, 1.82) is 0 Å². The number of benzene rings is 1. The Morgan fingerprint density at radius 1 is 1.38 bits per heavy atom. The summed E-state index contributed by atoms with van der Waals surface area (Å²) in [6, 6.07) is 8.29. The van der Waals surface area contributed by atoms with Crippen LogP contribution in [0.15, 0.2) is 51.1 Å². The van der Waals surface area contributed by atoms with E-state index >= 15 is 0 Å². The summed E-state index contributed by atoms with van der Waals surface area (Å²) in [5.41, 5.74) is -0.632. The van der Waals surface area contributed by atoms with Gasteiger partial charge >= 0.3 is 11.7 Å². The first-order chi connectivity index (χ1) is 13.9. The molecule has 2 heterocycles. The number of H-pyrrole nitrogens is 1. The summed E-state index contributed by atoms with van der Waals surface area (Å²) in [5, 5.41) is 20.3. The highest BCUT2D eigenvalue weighted by atomic mass is 79.9. The molecule has 2 aromatic rings. The maximum atomic E-state index is 12.1. The first-order valence-electron chi connectivity index (χ1n) is 8.76. The molecule has 9 nitrogen and oxygen atoms in total. The molecule has 1 aliphatic heterocycles. The van der Waals surface area contributed by atoms with E-state index in [1.54, 1.807) is 30.3 Å². The molecule has 0 saturated carbocycles. The van der Waals surface area contributed by atoms with Crippen LogP contribution in [0.2, 0.25) is 0 Å². The molecule has 0 unspecified atom stereocenters. The number of nitrogens with one attached hydrogen (secondary N) is 1. The highest BCUT2D eigenvalue weighted by molar-refractivity contribution is 9.11. The number of carbonyl (C=O) groups is 1. The van der Waals surface area contributed by atoms with Crippen molar-refractivity contribution >= 4 is 28.0 Å². The van der Waals surface area contributed by atoms with Crippen molar-refractivity contribution in [2.75, 3.05) is 6.61 Å². The van der Waals surface area contributed by atoms with Gasteiger partial charge in [0, 0.05) is 12.6 Å². The molecule has 0 bridgehead atoms. The van der Waals surface area contributed by atoms with E-state index in [1.165, 1.54) is 17.3 Å². The zero-order valence-corrected chi connectivity index (χ0v) is 16.7. The third kappa shape index (κ3) is 4.91. The Morgan fingerprint density at radius 3 is 2.79 bits per heavy atom. The molecule has 1 aromatic carbocycles. The predicted molar refractivity (Wildman–Crippen MR) is 106 cm³/mol. The van der Waals surface area contributed by atoms with E-state index in [1.807, 2.05) is 0 Å². The van der Waals surface area contributed by atoms with Crippen LogP contribution in [-0.2, 0) is 14.3 Å². The summed E-state index contributed by atoms with van der Waals surface area (Å²) in [6.07, 6.45) is -1.34. The van der Waals surface area contributed by atoms with Crippen LogP contribution in [0.4, 0.5) is 0 Å². The Labute approximate surface area is 173 Å². The van der Waals surface area contributed by atoms with Crippen molar-refractivity contribution < 1.29 is 24.5 Å². The fourth-order valence-electron chi connectivity index (χ4n) is 2.95. The van der Waals surface area contributed by atoms with Crippen LogP contribution in [0.25, 0.3) is 6.08 Å². The molecule has 29 heavy (non-hydrogen) atoms. The number of halogens is 1. The lowest BCUT2D eigenvalue weighted by Crippen LogP contribution is -2.33. The van der Waals surface area contributed by atoms with Crippen LogP contribution < -0.4 is 11.2 Å². The van der Waals surface area contributed by atoms with Gasteiger partial charge in [-0.3, -0.25) is 14.3 Å². The normalized spacial score (nSPS) is 22.7. The van der Waals surface area contributed by atoms with Gasteiger partial charge in [0.25, 0.3) is 5.56 Å². The fraction of sp³-hybridized carbons (Fsp3) is 0.316. The Hall–Kier alpha value is -2.53. The van der Waals surface area contributed by atoms with Gasteiger partial charge in [0.2, 0.25) is 0 Å². The smallest absolute Gasteiger partial charge is 0.339 e. The van der Waals surface area contributed by atoms with E-state index in [4.69, 9.17) is 9.47 Å². The van der Waals surface area contributed by atoms with Gasteiger partial charge in [-0.1, -0.05) is 46.3 Å². The minimum absolute atomic E-state index is 0.0624. The number of ether oxygens (including phenoxy) is 2. The minimum Gasteiger partial charge on any atom is -0.461 e. The van der Waals surface area contributed by atoms with Crippen LogP contribution in [0.1, 0.15) is 29.9 Å². The van der Waals surface area contributed by atoms with E-state index in [9.17, 15) is 24.6 Å². The number of nitrogens with zero attached hydrogens (tertiary/aromatic N) is 1. The van der Waals surface area contributed by atoms with Crippen molar-refractivity contribution in [1.82, 2.24) is 9.55 Å². The van der Waals surface area contributed by atoms with E-state index in [2.05, 4.69) is 20.9 Å². The first kappa shape index (κ1) is 21.2. The summed E-state index contributed by atoms with van der Waals surface area (Å²) < 4.78 is 11.9. The van der Waals surface area contributed by atoms with Crippen LogP contribution >= 0.6 is 15.9 Å². The Kier molecular flexibility index (Phi) is 6.80. The minimum atomic E-state index is -1.45.